The summed E-state index contributed by atoms with van der Waals surface area (Å²) in [4.78, 5) is 24.0. The molecular formula is C11H20N2O5. The van der Waals surface area contributed by atoms with Crippen LogP contribution in [0.5, 0.6) is 0 Å². The molecule has 1 heterocycles. The number of carboxylic acid groups (broad SMARTS) is 1. The molecule has 1 aliphatic heterocycles. The third-order valence-corrected chi connectivity index (χ3v) is 2.68. The number of carboxylic acids is 1. The van der Waals surface area contributed by atoms with Gasteiger partial charge in [-0.25, -0.2) is 4.79 Å². The van der Waals surface area contributed by atoms with Gasteiger partial charge in [0.05, 0.1) is 31.4 Å². The number of amides is 2. The number of rotatable bonds is 3. The molecule has 0 aromatic carbocycles. The third-order valence-electron chi connectivity index (χ3n) is 2.68. The topological polar surface area (TPSA) is 99.1 Å². The van der Waals surface area contributed by atoms with Gasteiger partial charge in [0.25, 0.3) is 0 Å². The summed E-state index contributed by atoms with van der Waals surface area (Å²) in [6, 6.07) is -1.41. The van der Waals surface area contributed by atoms with Gasteiger partial charge in [-0.05, 0) is 20.8 Å². The van der Waals surface area contributed by atoms with Crippen LogP contribution in [0.25, 0.3) is 0 Å². The van der Waals surface area contributed by atoms with Crippen molar-refractivity contribution >= 4 is 12.0 Å². The smallest absolute Gasteiger partial charge is 0.325 e. The van der Waals surface area contributed by atoms with Crippen LogP contribution in [0, 0.1) is 0 Å². The molecule has 0 spiro atoms. The number of aliphatic hydroxyl groups is 1. The van der Waals surface area contributed by atoms with Crippen molar-refractivity contribution in [3.8, 4) is 0 Å². The van der Waals surface area contributed by atoms with Crippen molar-refractivity contribution in [2.24, 2.45) is 0 Å². The Morgan fingerprint density at radius 2 is 2.17 bits per heavy atom. The first-order chi connectivity index (χ1) is 8.25. The summed E-state index contributed by atoms with van der Waals surface area (Å²) in [7, 11) is 0. The number of nitrogens with zero attached hydrogens (tertiary/aromatic N) is 1. The molecule has 0 radical (unpaired) electrons. The van der Waals surface area contributed by atoms with E-state index in [0.29, 0.717) is 6.54 Å². The van der Waals surface area contributed by atoms with E-state index in [1.807, 2.05) is 13.8 Å². The Balaban J connectivity index is 2.64. The van der Waals surface area contributed by atoms with Gasteiger partial charge in [0, 0.05) is 0 Å². The van der Waals surface area contributed by atoms with Crippen molar-refractivity contribution < 1.29 is 24.5 Å². The Kier molecular flexibility index (Phi) is 4.53. The summed E-state index contributed by atoms with van der Waals surface area (Å²) >= 11 is 0. The maximum atomic E-state index is 11.9. The fourth-order valence-corrected chi connectivity index (χ4v) is 1.88. The third kappa shape index (κ3) is 3.85. The molecule has 1 fully saturated rings. The Bertz CT molecular complexity index is 331. The van der Waals surface area contributed by atoms with Crippen LogP contribution in [-0.4, -0.2) is 64.6 Å². The molecule has 0 aliphatic carbocycles. The molecule has 3 N–H and O–H groups in total. The zero-order valence-corrected chi connectivity index (χ0v) is 10.8. The van der Waals surface area contributed by atoms with Crippen molar-refractivity contribution in [3.05, 3.63) is 0 Å². The number of nitrogens with one attached hydrogen (secondary N) is 1. The van der Waals surface area contributed by atoms with Gasteiger partial charge in [-0.3, -0.25) is 4.79 Å². The molecule has 1 unspecified atom stereocenters. The Morgan fingerprint density at radius 3 is 2.67 bits per heavy atom. The normalized spacial score (nSPS) is 24.4. The highest BCUT2D eigenvalue weighted by molar-refractivity contribution is 5.82. The number of carbonyl (C=O) groups is 2. The first-order valence-electron chi connectivity index (χ1n) is 5.82. The molecule has 1 rings (SSSR count). The molecule has 7 nitrogen and oxygen atoms in total. The van der Waals surface area contributed by atoms with E-state index in [4.69, 9.17) is 14.9 Å². The predicted molar refractivity (Wildman–Crippen MR) is 63.2 cm³/mol. The lowest BCUT2D eigenvalue weighted by atomic mass is 10.1. The minimum atomic E-state index is -1.09. The van der Waals surface area contributed by atoms with Gasteiger partial charge < -0.3 is 25.2 Å². The van der Waals surface area contributed by atoms with Crippen molar-refractivity contribution in [3.63, 3.8) is 0 Å². The van der Waals surface area contributed by atoms with E-state index in [0.717, 1.165) is 0 Å². The maximum absolute atomic E-state index is 11.9. The summed E-state index contributed by atoms with van der Waals surface area (Å²) in [5, 5.41) is 20.2. The number of aliphatic carboxylic acids is 1. The molecule has 2 amide bonds. The molecule has 104 valence electrons. The second-order valence-corrected chi connectivity index (χ2v) is 5.07. The van der Waals surface area contributed by atoms with Gasteiger partial charge in [0.1, 0.15) is 6.04 Å². The largest absolute Gasteiger partial charge is 0.480 e. The van der Waals surface area contributed by atoms with Crippen LogP contribution in [0.2, 0.25) is 0 Å². The number of morpholine rings is 1. The van der Waals surface area contributed by atoms with E-state index in [1.165, 1.54) is 11.8 Å². The lowest BCUT2D eigenvalue weighted by Crippen LogP contribution is -2.59. The molecule has 1 aliphatic rings. The van der Waals surface area contributed by atoms with Crippen LogP contribution >= 0.6 is 0 Å². The second kappa shape index (κ2) is 5.53. The number of ether oxygens (including phenoxy) is 1. The Labute approximate surface area is 106 Å². The zero-order chi connectivity index (χ0) is 13.9. The average molecular weight is 260 g/mol. The van der Waals surface area contributed by atoms with Crippen molar-refractivity contribution in [1.29, 1.82) is 0 Å². The Morgan fingerprint density at radius 1 is 1.56 bits per heavy atom. The van der Waals surface area contributed by atoms with Gasteiger partial charge in [-0.2, -0.15) is 0 Å². The molecule has 1 saturated heterocycles. The van der Waals surface area contributed by atoms with E-state index in [-0.39, 0.29) is 13.2 Å². The van der Waals surface area contributed by atoms with Crippen LogP contribution in [0.1, 0.15) is 20.8 Å². The van der Waals surface area contributed by atoms with E-state index in [2.05, 4.69) is 5.32 Å². The Hall–Kier alpha value is -1.34. The molecule has 0 saturated carbocycles. The lowest BCUT2D eigenvalue weighted by molar-refractivity contribution is -0.141. The monoisotopic (exact) mass is 260 g/mol. The minimum absolute atomic E-state index is 0.179. The summed E-state index contributed by atoms with van der Waals surface area (Å²) in [5.74, 6) is -1.09. The van der Waals surface area contributed by atoms with Crippen LogP contribution in [0.15, 0.2) is 0 Å². The van der Waals surface area contributed by atoms with Crippen molar-refractivity contribution in [2.75, 3.05) is 19.7 Å². The molecular weight excluding hydrogens is 240 g/mol. The van der Waals surface area contributed by atoms with Crippen molar-refractivity contribution in [1.82, 2.24) is 10.2 Å². The predicted octanol–water partition coefficient (Wildman–Crippen LogP) is -0.359. The average Bonchev–Trinajstić information content (AvgIpc) is 2.26. The maximum Gasteiger partial charge on any atom is 0.325 e. The number of carbonyl (C=O) groups excluding carboxylic acids is 1. The van der Waals surface area contributed by atoms with E-state index in [1.54, 1.807) is 0 Å². The molecule has 0 aromatic rings. The van der Waals surface area contributed by atoms with E-state index in [9.17, 15) is 9.59 Å². The highest BCUT2D eigenvalue weighted by atomic mass is 16.5. The van der Waals surface area contributed by atoms with E-state index < -0.39 is 29.7 Å². The highest BCUT2D eigenvalue weighted by Crippen LogP contribution is 2.20. The zero-order valence-electron chi connectivity index (χ0n) is 10.8. The molecule has 2 atom stereocenters. The van der Waals surface area contributed by atoms with Crippen LogP contribution in [0.4, 0.5) is 4.79 Å². The standard InChI is InChI=1S/C11H20N2O5/c1-7(9(15)16)12-10(17)13-4-8(5-14)18-11(2,3)6-13/h7-8,14H,4-6H2,1-3H3,(H,12,17)(H,15,16)/t7-,8?/m0/s1. The van der Waals surface area contributed by atoms with Crippen LogP contribution in [-0.2, 0) is 9.53 Å². The highest BCUT2D eigenvalue weighted by Gasteiger charge is 2.35. The summed E-state index contributed by atoms with van der Waals surface area (Å²) < 4.78 is 5.57. The lowest BCUT2D eigenvalue weighted by Gasteiger charge is -2.42. The number of urea groups is 1. The van der Waals surface area contributed by atoms with Crippen molar-refractivity contribution in [2.45, 2.75) is 38.5 Å². The van der Waals surface area contributed by atoms with Gasteiger partial charge >= 0.3 is 12.0 Å². The molecule has 0 aromatic heterocycles. The number of hydrogen-bond donors (Lipinski definition) is 3. The van der Waals surface area contributed by atoms with Gasteiger partial charge in [-0.15, -0.1) is 0 Å². The molecule has 0 bridgehead atoms. The van der Waals surface area contributed by atoms with E-state index >= 15 is 0 Å². The first-order valence-corrected chi connectivity index (χ1v) is 5.82. The first kappa shape index (κ1) is 14.7. The summed E-state index contributed by atoms with van der Waals surface area (Å²) in [6.45, 7) is 5.45. The number of hydrogen-bond acceptors (Lipinski definition) is 4. The van der Waals surface area contributed by atoms with Crippen LogP contribution in [0.3, 0.4) is 0 Å². The fraction of sp³-hybridized carbons (Fsp3) is 0.818. The fourth-order valence-electron chi connectivity index (χ4n) is 1.88. The van der Waals surface area contributed by atoms with Gasteiger partial charge in [0.15, 0.2) is 0 Å². The van der Waals surface area contributed by atoms with Crippen LogP contribution < -0.4 is 5.32 Å². The SMILES string of the molecule is C[C@H](NC(=O)N1CC(CO)OC(C)(C)C1)C(=O)O. The quantitative estimate of drug-likeness (QED) is 0.643. The minimum Gasteiger partial charge on any atom is -0.480 e. The molecule has 18 heavy (non-hydrogen) atoms. The molecule has 7 heteroatoms. The second-order valence-electron chi connectivity index (χ2n) is 5.07. The van der Waals surface area contributed by atoms with Gasteiger partial charge in [-0.1, -0.05) is 0 Å². The van der Waals surface area contributed by atoms with Gasteiger partial charge in [0.2, 0.25) is 0 Å². The summed E-state index contributed by atoms with van der Waals surface area (Å²) in [5.41, 5.74) is -0.560. The summed E-state index contributed by atoms with van der Waals surface area (Å²) in [6.07, 6.45) is -0.445. The number of aliphatic hydroxyl groups excluding tert-OH is 1.